The van der Waals surface area contributed by atoms with E-state index < -0.39 is 11.7 Å². The van der Waals surface area contributed by atoms with E-state index in [4.69, 9.17) is 4.74 Å². The molecular formula is C24H20F3N3O2. The zero-order chi connectivity index (χ0) is 23.1. The molecule has 0 aliphatic heterocycles. The lowest BCUT2D eigenvalue weighted by Gasteiger charge is -2.08. The number of alkyl halides is 3. The number of hydrogen-bond acceptors (Lipinski definition) is 4. The molecule has 2 heterocycles. The standard InChI is InChI=1S/C24H20F3N3O2/c1-17(5-3-6-18-7-4-8-20(13-18)24(25,26)27)22(10-12-31)30-16-19(14-29-30)21-15-28-11-9-23(21)32-2/h3-16H,1-2H3/b6-3+,17-5-,22-10+. The van der Waals surface area contributed by atoms with Crippen LogP contribution in [0.25, 0.3) is 22.9 Å². The van der Waals surface area contributed by atoms with Crippen LogP contribution < -0.4 is 4.74 Å². The summed E-state index contributed by atoms with van der Waals surface area (Å²) in [4.78, 5) is 15.3. The molecule has 0 spiro atoms. The minimum Gasteiger partial charge on any atom is -0.496 e. The molecule has 0 N–H and O–H groups in total. The van der Waals surface area contributed by atoms with Crippen molar-refractivity contribution in [3.8, 4) is 16.9 Å². The fourth-order valence-corrected chi connectivity index (χ4v) is 3.03. The van der Waals surface area contributed by atoms with E-state index in [1.54, 1.807) is 73.9 Å². The molecule has 0 fully saturated rings. The average molecular weight is 439 g/mol. The van der Waals surface area contributed by atoms with E-state index in [-0.39, 0.29) is 0 Å². The number of carbonyl (C=O) groups excluding carboxylic acids is 1. The van der Waals surface area contributed by atoms with Crippen LogP contribution in [0.2, 0.25) is 0 Å². The lowest BCUT2D eigenvalue weighted by Crippen LogP contribution is -2.04. The number of carbonyl (C=O) groups is 1. The van der Waals surface area contributed by atoms with Crippen LogP contribution in [0, 0.1) is 0 Å². The zero-order valence-corrected chi connectivity index (χ0v) is 17.4. The highest BCUT2D eigenvalue weighted by Gasteiger charge is 2.30. The van der Waals surface area contributed by atoms with E-state index in [2.05, 4.69) is 10.1 Å². The first-order valence-electron chi connectivity index (χ1n) is 9.55. The Morgan fingerprint density at radius 3 is 2.69 bits per heavy atom. The van der Waals surface area contributed by atoms with Gasteiger partial charge in [0.1, 0.15) is 12.0 Å². The first-order chi connectivity index (χ1) is 15.3. The third-order valence-electron chi connectivity index (χ3n) is 4.62. The third-order valence-corrected chi connectivity index (χ3v) is 4.62. The van der Waals surface area contributed by atoms with Crippen LogP contribution in [-0.2, 0) is 11.0 Å². The van der Waals surface area contributed by atoms with Crippen molar-refractivity contribution in [3.05, 3.63) is 90.0 Å². The molecule has 3 rings (SSSR count). The molecule has 32 heavy (non-hydrogen) atoms. The van der Waals surface area contributed by atoms with Crippen molar-refractivity contribution in [2.24, 2.45) is 0 Å². The van der Waals surface area contributed by atoms with Crippen molar-refractivity contribution in [2.45, 2.75) is 13.1 Å². The van der Waals surface area contributed by atoms with Crippen LogP contribution in [0.5, 0.6) is 5.75 Å². The molecule has 2 aromatic heterocycles. The lowest BCUT2D eigenvalue weighted by molar-refractivity contribution is -0.137. The molecule has 3 aromatic rings. The summed E-state index contributed by atoms with van der Waals surface area (Å²) in [7, 11) is 1.56. The number of nitrogens with zero attached hydrogens (tertiary/aromatic N) is 3. The highest BCUT2D eigenvalue weighted by Crippen LogP contribution is 2.30. The predicted octanol–water partition coefficient (Wildman–Crippen LogP) is 5.67. The van der Waals surface area contributed by atoms with Gasteiger partial charge < -0.3 is 4.74 Å². The molecular weight excluding hydrogens is 419 g/mol. The molecule has 0 saturated carbocycles. The Morgan fingerprint density at radius 2 is 1.97 bits per heavy atom. The van der Waals surface area contributed by atoms with Gasteiger partial charge in [-0.2, -0.15) is 18.3 Å². The number of aromatic nitrogens is 3. The summed E-state index contributed by atoms with van der Waals surface area (Å²) in [6.45, 7) is 1.78. The summed E-state index contributed by atoms with van der Waals surface area (Å²) < 4.78 is 45.5. The molecule has 0 amide bonds. The second-order valence-electron chi connectivity index (χ2n) is 6.77. The number of pyridine rings is 1. The molecule has 8 heteroatoms. The fourth-order valence-electron chi connectivity index (χ4n) is 3.03. The first kappa shape index (κ1) is 22.7. The topological polar surface area (TPSA) is 57.0 Å². The summed E-state index contributed by atoms with van der Waals surface area (Å²) in [6.07, 6.45) is 9.14. The number of ether oxygens (including phenoxy) is 1. The van der Waals surface area contributed by atoms with Crippen molar-refractivity contribution < 1.29 is 22.7 Å². The van der Waals surface area contributed by atoms with Gasteiger partial charge in [0.15, 0.2) is 0 Å². The molecule has 0 aliphatic carbocycles. The Bertz CT molecular complexity index is 1190. The monoisotopic (exact) mass is 439 g/mol. The number of methoxy groups -OCH3 is 1. The maximum atomic E-state index is 12.9. The number of benzene rings is 1. The van der Waals surface area contributed by atoms with E-state index in [0.717, 1.165) is 23.3 Å². The summed E-state index contributed by atoms with van der Waals surface area (Å²) >= 11 is 0. The van der Waals surface area contributed by atoms with Gasteiger partial charge in [-0.25, -0.2) is 4.68 Å². The van der Waals surface area contributed by atoms with Gasteiger partial charge in [0, 0.05) is 35.8 Å². The summed E-state index contributed by atoms with van der Waals surface area (Å²) in [6, 6.07) is 6.77. The fraction of sp³-hybridized carbons (Fsp3) is 0.125. The maximum absolute atomic E-state index is 12.9. The van der Waals surface area contributed by atoms with Gasteiger partial charge in [0.25, 0.3) is 0 Å². The zero-order valence-electron chi connectivity index (χ0n) is 17.4. The molecule has 0 radical (unpaired) electrons. The highest BCUT2D eigenvalue weighted by molar-refractivity contribution is 5.81. The maximum Gasteiger partial charge on any atom is 0.416 e. The Hall–Kier alpha value is -3.94. The van der Waals surface area contributed by atoms with E-state index in [1.165, 1.54) is 12.1 Å². The van der Waals surface area contributed by atoms with Crippen LogP contribution in [0.15, 0.2) is 78.9 Å². The Labute approximate surface area is 183 Å². The minimum absolute atomic E-state index is 0.412. The van der Waals surface area contributed by atoms with E-state index in [9.17, 15) is 18.0 Å². The molecule has 0 atom stereocenters. The van der Waals surface area contributed by atoms with Crippen molar-refractivity contribution >= 4 is 18.1 Å². The summed E-state index contributed by atoms with van der Waals surface area (Å²) in [5, 5.41) is 4.33. The van der Waals surface area contributed by atoms with Crippen LogP contribution in [0.4, 0.5) is 13.2 Å². The summed E-state index contributed by atoms with van der Waals surface area (Å²) in [5.74, 6) is 0.636. The quantitative estimate of drug-likeness (QED) is 0.270. The van der Waals surface area contributed by atoms with Crippen molar-refractivity contribution in [3.63, 3.8) is 0 Å². The number of halogens is 3. The second-order valence-corrected chi connectivity index (χ2v) is 6.77. The molecule has 5 nitrogen and oxygen atoms in total. The number of aldehydes is 1. The van der Waals surface area contributed by atoms with Gasteiger partial charge in [0.05, 0.1) is 24.6 Å². The number of allylic oxidation sites excluding steroid dienone is 5. The molecule has 164 valence electrons. The van der Waals surface area contributed by atoms with E-state index >= 15 is 0 Å². The number of rotatable bonds is 7. The van der Waals surface area contributed by atoms with Crippen LogP contribution in [0.1, 0.15) is 18.1 Å². The smallest absolute Gasteiger partial charge is 0.416 e. The SMILES string of the molecule is COc1ccncc1-c1cnn(C(=C/C=O)/C(C)=C\C=C\c2cccc(C(F)(F)F)c2)c1. The van der Waals surface area contributed by atoms with Gasteiger partial charge in [-0.15, -0.1) is 0 Å². The Kier molecular flexibility index (Phi) is 7.04. The van der Waals surface area contributed by atoms with Crippen LogP contribution in [-0.4, -0.2) is 28.2 Å². The molecule has 0 bridgehead atoms. The van der Waals surface area contributed by atoms with Gasteiger partial charge in [-0.3, -0.25) is 9.78 Å². The Morgan fingerprint density at radius 1 is 1.16 bits per heavy atom. The average Bonchev–Trinajstić information content (AvgIpc) is 3.26. The van der Waals surface area contributed by atoms with Gasteiger partial charge in [-0.1, -0.05) is 30.4 Å². The Balaban J connectivity index is 1.86. The minimum atomic E-state index is -4.40. The van der Waals surface area contributed by atoms with Crippen molar-refractivity contribution in [1.82, 2.24) is 14.8 Å². The number of hydrogen-bond donors (Lipinski definition) is 0. The third kappa shape index (κ3) is 5.40. The van der Waals surface area contributed by atoms with Crippen molar-refractivity contribution in [1.29, 1.82) is 0 Å². The highest BCUT2D eigenvalue weighted by atomic mass is 19.4. The normalized spacial score (nSPS) is 12.9. The molecule has 1 aromatic carbocycles. The van der Waals surface area contributed by atoms with Crippen LogP contribution >= 0.6 is 0 Å². The van der Waals surface area contributed by atoms with E-state index in [1.807, 2.05) is 0 Å². The van der Waals surface area contributed by atoms with Gasteiger partial charge in [0.2, 0.25) is 0 Å². The predicted molar refractivity (Wildman–Crippen MR) is 117 cm³/mol. The van der Waals surface area contributed by atoms with E-state index in [0.29, 0.717) is 28.9 Å². The molecule has 0 unspecified atom stereocenters. The van der Waals surface area contributed by atoms with Crippen molar-refractivity contribution in [2.75, 3.05) is 7.11 Å². The first-order valence-corrected chi connectivity index (χ1v) is 9.55. The molecule has 0 saturated heterocycles. The summed E-state index contributed by atoms with van der Waals surface area (Å²) in [5.41, 5.74) is 2.40. The lowest BCUT2D eigenvalue weighted by atomic mass is 10.1. The molecule has 0 aliphatic rings. The largest absolute Gasteiger partial charge is 0.496 e. The van der Waals surface area contributed by atoms with Gasteiger partial charge >= 0.3 is 6.18 Å². The van der Waals surface area contributed by atoms with Gasteiger partial charge in [-0.05, 0) is 36.3 Å². The second kappa shape index (κ2) is 9.91. The van der Waals surface area contributed by atoms with Crippen LogP contribution in [0.3, 0.4) is 0 Å².